The van der Waals surface area contributed by atoms with Gasteiger partial charge in [-0.15, -0.1) is 0 Å². The zero-order valence-electron chi connectivity index (χ0n) is 16.1. The Balaban J connectivity index is 4.50. The number of hydrazine groups is 2. The average Bonchev–Trinajstić information content (AvgIpc) is 2.63. The van der Waals surface area contributed by atoms with Crippen LogP contribution in [-0.2, 0) is 28.8 Å². The summed E-state index contributed by atoms with van der Waals surface area (Å²) in [6, 6.07) is 0. The van der Waals surface area contributed by atoms with Crippen molar-refractivity contribution in [3.63, 3.8) is 0 Å². The van der Waals surface area contributed by atoms with E-state index in [0.717, 1.165) is 0 Å². The standard InChI is InChI=1S/C17H28N4O7/c1-3-11(5-7-17(27)28)13(23)8-12(10(2)22)4-6-14(24)20-21-16(26)9-15(25)19-18/h11-12H,3-9,18H2,1-2H3,(H,19,25)(H,20,24)(H,21,26)(H,27,28). The number of carboxylic acid groups (broad SMARTS) is 1. The van der Waals surface area contributed by atoms with Crippen molar-refractivity contribution in [3.05, 3.63) is 0 Å². The van der Waals surface area contributed by atoms with Crippen molar-refractivity contribution < 1.29 is 33.9 Å². The molecule has 0 aliphatic heterocycles. The predicted octanol–water partition coefficient (Wildman–Crippen LogP) is -0.651. The molecular weight excluding hydrogens is 372 g/mol. The third kappa shape index (κ3) is 11.0. The lowest BCUT2D eigenvalue weighted by Crippen LogP contribution is -2.44. The number of carbonyl (C=O) groups excluding carboxylic acids is 5. The largest absolute Gasteiger partial charge is 0.481 e. The third-order valence-electron chi connectivity index (χ3n) is 4.22. The minimum Gasteiger partial charge on any atom is -0.481 e. The highest BCUT2D eigenvalue weighted by Gasteiger charge is 2.24. The summed E-state index contributed by atoms with van der Waals surface area (Å²) in [5.74, 6) is 0.199. The first-order chi connectivity index (χ1) is 13.1. The van der Waals surface area contributed by atoms with Gasteiger partial charge in [-0.25, -0.2) is 5.84 Å². The Kier molecular flexibility index (Phi) is 12.0. The fourth-order valence-corrected chi connectivity index (χ4v) is 2.50. The molecule has 6 N–H and O–H groups in total. The molecular formula is C17H28N4O7. The molecule has 0 radical (unpaired) electrons. The number of amides is 3. The predicted molar refractivity (Wildman–Crippen MR) is 96.9 cm³/mol. The van der Waals surface area contributed by atoms with Gasteiger partial charge in [-0.3, -0.25) is 45.0 Å². The van der Waals surface area contributed by atoms with E-state index >= 15 is 0 Å². The Labute approximate surface area is 162 Å². The summed E-state index contributed by atoms with van der Waals surface area (Å²) >= 11 is 0. The van der Waals surface area contributed by atoms with Crippen LogP contribution < -0.4 is 22.1 Å². The summed E-state index contributed by atoms with van der Waals surface area (Å²) in [5, 5.41) is 8.74. The van der Waals surface area contributed by atoms with E-state index in [9.17, 15) is 28.8 Å². The maximum atomic E-state index is 12.3. The molecule has 2 atom stereocenters. The normalized spacial score (nSPS) is 12.4. The maximum absolute atomic E-state index is 12.3. The smallest absolute Gasteiger partial charge is 0.303 e. The molecule has 11 nitrogen and oxygen atoms in total. The number of nitrogens with one attached hydrogen (secondary N) is 3. The van der Waals surface area contributed by atoms with Crippen molar-refractivity contribution in [1.82, 2.24) is 16.3 Å². The lowest BCUT2D eigenvalue weighted by Gasteiger charge is -2.17. The van der Waals surface area contributed by atoms with Crippen LogP contribution in [0.5, 0.6) is 0 Å². The summed E-state index contributed by atoms with van der Waals surface area (Å²) in [6.45, 7) is 3.09. The van der Waals surface area contributed by atoms with Crippen LogP contribution >= 0.6 is 0 Å². The van der Waals surface area contributed by atoms with Crippen LogP contribution in [0.4, 0.5) is 0 Å². The molecule has 0 aromatic rings. The van der Waals surface area contributed by atoms with Gasteiger partial charge in [0.15, 0.2) is 0 Å². The van der Waals surface area contributed by atoms with E-state index in [2.05, 4.69) is 5.43 Å². The number of nitrogens with two attached hydrogens (primary N) is 1. The zero-order valence-corrected chi connectivity index (χ0v) is 16.1. The highest BCUT2D eigenvalue weighted by Crippen LogP contribution is 2.20. The van der Waals surface area contributed by atoms with Gasteiger partial charge in [-0.05, 0) is 26.2 Å². The van der Waals surface area contributed by atoms with Gasteiger partial charge in [0.2, 0.25) is 17.7 Å². The molecule has 3 amide bonds. The highest BCUT2D eigenvalue weighted by atomic mass is 16.4. The Morgan fingerprint density at radius 1 is 0.893 bits per heavy atom. The van der Waals surface area contributed by atoms with Gasteiger partial charge in [0.25, 0.3) is 0 Å². The minimum absolute atomic E-state index is 0.0657. The quantitative estimate of drug-likeness (QED) is 0.117. The monoisotopic (exact) mass is 400 g/mol. The number of carbonyl (C=O) groups is 6. The molecule has 158 valence electrons. The molecule has 0 aliphatic rings. The van der Waals surface area contributed by atoms with Crippen molar-refractivity contribution in [2.45, 2.75) is 58.8 Å². The number of hydrogen-bond acceptors (Lipinski definition) is 7. The highest BCUT2D eigenvalue weighted by molar-refractivity contribution is 5.97. The van der Waals surface area contributed by atoms with Crippen LogP contribution in [0.2, 0.25) is 0 Å². The van der Waals surface area contributed by atoms with Crippen LogP contribution in [0.3, 0.4) is 0 Å². The van der Waals surface area contributed by atoms with Crippen molar-refractivity contribution in [2.75, 3.05) is 0 Å². The van der Waals surface area contributed by atoms with E-state index in [4.69, 9.17) is 10.9 Å². The Morgan fingerprint density at radius 2 is 1.46 bits per heavy atom. The molecule has 0 saturated heterocycles. The van der Waals surface area contributed by atoms with E-state index in [1.165, 1.54) is 6.92 Å². The van der Waals surface area contributed by atoms with Crippen molar-refractivity contribution in [3.8, 4) is 0 Å². The van der Waals surface area contributed by atoms with Crippen LogP contribution in [0.25, 0.3) is 0 Å². The molecule has 0 saturated carbocycles. The molecule has 0 aromatic heterocycles. The summed E-state index contributed by atoms with van der Waals surface area (Å²) in [6.07, 6.45) is -0.0921. The van der Waals surface area contributed by atoms with E-state index in [0.29, 0.717) is 6.42 Å². The molecule has 0 rings (SSSR count). The number of ketones is 2. The molecule has 0 heterocycles. The van der Waals surface area contributed by atoms with Crippen molar-refractivity contribution in [2.24, 2.45) is 17.7 Å². The first-order valence-corrected chi connectivity index (χ1v) is 8.92. The topological polar surface area (TPSA) is 185 Å². The summed E-state index contributed by atoms with van der Waals surface area (Å²) < 4.78 is 0. The molecule has 0 spiro atoms. The first kappa shape index (κ1) is 25.2. The van der Waals surface area contributed by atoms with Crippen molar-refractivity contribution >= 4 is 35.3 Å². The van der Waals surface area contributed by atoms with Crippen LogP contribution in [0.1, 0.15) is 58.8 Å². The number of hydrogen-bond donors (Lipinski definition) is 5. The molecule has 2 unspecified atom stereocenters. The van der Waals surface area contributed by atoms with Gasteiger partial charge in [0, 0.05) is 31.1 Å². The maximum Gasteiger partial charge on any atom is 0.303 e. The van der Waals surface area contributed by atoms with E-state index < -0.39 is 41.9 Å². The second-order valence-corrected chi connectivity index (χ2v) is 6.39. The fraction of sp³-hybridized carbons (Fsp3) is 0.647. The second-order valence-electron chi connectivity index (χ2n) is 6.39. The average molecular weight is 400 g/mol. The number of aliphatic carboxylic acids is 1. The van der Waals surface area contributed by atoms with Gasteiger partial charge in [-0.2, -0.15) is 0 Å². The number of carboxylic acids is 1. The summed E-state index contributed by atoms with van der Waals surface area (Å²) in [4.78, 5) is 68.8. The molecule has 0 fully saturated rings. The Morgan fingerprint density at radius 3 is 1.96 bits per heavy atom. The Hall–Kier alpha value is -2.82. The van der Waals surface area contributed by atoms with Crippen LogP contribution in [-0.4, -0.2) is 40.4 Å². The van der Waals surface area contributed by atoms with Gasteiger partial charge in [-0.1, -0.05) is 6.92 Å². The van der Waals surface area contributed by atoms with Gasteiger partial charge in [0.1, 0.15) is 18.0 Å². The molecule has 28 heavy (non-hydrogen) atoms. The number of Topliss-reactive ketones (excluding diaryl/α,β-unsaturated/α-hetero) is 2. The van der Waals surface area contributed by atoms with Crippen molar-refractivity contribution in [1.29, 1.82) is 0 Å². The Bertz CT molecular complexity index is 606. The molecule has 0 aliphatic carbocycles. The molecule has 11 heteroatoms. The second kappa shape index (κ2) is 13.4. The third-order valence-corrected chi connectivity index (χ3v) is 4.22. The van der Waals surface area contributed by atoms with Gasteiger partial charge < -0.3 is 5.11 Å². The van der Waals surface area contributed by atoms with Crippen LogP contribution in [0, 0.1) is 11.8 Å². The minimum atomic E-state index is -0.989. The lowest BCUT2D eigenvalue weighted by molar-refractivity contribution is -0.138. The lowest BCUT2D eigenvalue weighted by atomic mass is 9.86. The molecule has 0 aromatic carbocycles. The SMILES string of the molecule is CCC(CCC(=O)O)C(=O)CC(CCC(=O)NNC(=O)CC(=O)NN)C(C)=O. The van der Waals surface area contributed by atoms with Gasteiger partial charge >= 0.3 is 5.97 Å². The summed E-state index contributed by atoms with van der Waals surface area (Å²) in [7, 11) is 0. The fourth-order valence-electron chi connectivity index (χ4n) is 2.50. The summed E-state index contributed by atoms with van der Waals surface area (Å²) in [5.41, 5.74) is 5.91. The van der Waals surface area contributed by atoms with E-state index in [-0.39, 0.29) is 43.7 Å². The zero-order chi connectivity index (χ0) is 21.7. The van der Waals surface area contributed by atoms with Crippen LogP contribution in [0.15, 0.2) is 0 Å². The van der Waals surface area contributed by atoms with E-state index in [1.54, 1.807) is 12.3 Å². The molecule has 0 bridgehead atoms. The van der Waals surface area contributed by atoms with Gasteiger partial charge in [0.05, 0.1) is 0 Å². The first-order valence-electron chi connectivity index (χ1n) is 8.92. The van der Waals surface area contributed by atoms with E-state index in [1.807, 2.05) is 5.43 Å². The number of rotatable bonds is 13.